The van der Waals surface area contributed by atoms with Crippen LogP contribution in [0.3, 0.4) is 0 Å². The number of nitrogens with zero attached hydrogens (tertiary/aromatic N) is 2. The Morgan fingerprint density at radius 2 is 1.28 bits per heavy atom. The number of amides is 1. The molecule has 0 fully saturated rings. The monoisotopic (exact) mass is 547 g/mol. The van der Waals surface area contributed by atoms with E-state index in [4.69, 9.17) is 4.42 Å². The van der Waals surface area contributed by atoms with Crippen molar-refractivity contribution in [2.75, 3.05) is 0 Å². The predicted octanol–water partition coefficient (Wildman–Crippen LogP) is 6.84. The van der Waals surface area contributed by atoms with Gasteiger partial charge in [-0.1, -0.05) is 66.7 Å². The Bertz CT molecular complexity index is 1340. The molecule has 0 aliphatic rings. The first-order chi connectivity index (χ1) is 18.5. The van der Waals surface area contributed by atoms with Crippen molar-refractivity contribution in [2.45, 2.75) is 38.5 Å². The van der Waals surface area contributed by atoms with Gasteiger partial charge in [0, 0.05) is 19.6 Å². The van der Waals surface area contributed by atoms with Crippen molar-refractivity contribution < 1.29 is 35.6 Å². The molecule has 0 unspecified atom stereocenters. The molecular weight excluding hydrogens is 524 g/mol. The van der Waals surface area contributed by atoms with E-state index >= 15 is 0 Å². The zero-order valence-electron chi connectivity index (χ0n) is 20.4. The molecule has 204 valence electrons. The van der Waals surface area contributed by atoms with E-state index in [0.29, 0.717) is 11.1 Å². The van der Waals surface area contributed by atoms with Gasteiger partial charge in [0.15, 0.2) is 5.69 Å². The first-order valence-electron chi connectivity index (χ1n) is 11.8. The molecule has 0 bridgehead atoms. The second kappa shape index (κ2) is 11.7. The van der Waals surface area contributed by atoms with Crippen LogP contribution in [0.25, 0.3) is 0 Å². The van der Waals surface area contributed by atoms with Crippen molar-refractivity contribution in [1.82, 2.24) is 15.2 Å². The third-order valence-corrected chi connectivity index (χ3v) is 5.76. The summed E-state index contributed by atoms with van der Waals surface area (Å²) in [5.74, 6) is -0.407. The SMILES string of the molecule is O=C(NCc1ccccc1)c1coc(CN(Cc2cccc(C(F)(F)F)c2)Cc2cccc(C(F)(F)F)c2)n1. The zero-order chi connectivity index (χ0) is 28.0. The molecule has 1 heterocycles. The largest absolute Gasteiger partial charge is 0.447 e. The molecule has 0 spiro atoms. The summed E-state index contributed by atoms with van der Waals surface area (Å²) in [6, 6.07) is 18.6. The minimum absolute atomic E-state index is 0.000909. The molecule has 4 rings (SSSR count). The average molecular weight is 547 g/mol. The van der Waals surface area contributed by atoms with Crippen LogP contribution < -0.4 is 5.32 Å². The van der Waals surface area contributed by atoms with Gasteiger partial charge in [-0.2, -0.15) is 26.3 Å². The smallest absolute Gasteiger partial charge is 0.416 e. The lowest BCUT2D eigenvalue weighted by Gasteiger charge is -2.22. The number of rotatable bonds is 9. The molecule has 1 amide bonds. The Kier molecular flexibility index (Phi) is 8.39. The van der Waals surface area contributed by atoms with Crippen LogP contribution in [0.15, 0.2) is 89.5 Å². The van der Waals surface area contributed by atoms with E-state index in [0.717, 1.165) is 36.1 Å². The molecule has 3 aromatic carbocycles. The summed E-state index contributed by atoms with van der Waals surface area (Å²) in [5.41, 5.74) is -0.213. The number of aromatic nitrogens is 1. The Hall–Kier alpha value is -4.12. The highest BCUT2D eigenvalue weighted by Gasteiger charge is 2.31. The van der Waals surface area contributed by atoms with Crippen LogP contribution in [0.4, 0.5) is 26.3 Å². The van der Waals surface area contributed by atoms with E-state index in [-0.39, 0.29) is 37.8 Å². The van der Waals surface area contributed by atoms with E-state index in [9.17, 15) is 31.1 Å². The number of oxazole rings is 1. The molecule has 4 aromatic rings. The Labute approximate surface area is 220 Å². The molecule has 11 heteroatoms. The molecule has 0 atom stereocenters. The van der Waals surface area contributed by atoms with Gasteiger partial charge in [-0.25, -0.2) is 4.98 Å². The van der Waals surface area contributed by atoms with Crippen LogP contribution in [-0.2, 0) is 38.5 Å². The molecule has 0 radical (unpaired) electrons. The van der Waals surface area contributed by atoms with Gasteiger partial charge >= 0.3 is 12.4 Å². The van der Waals surface area contributed by atoms with Crippen molar-refractivity contribution in [1.29, 1.82) is 0 Å². The van der Waals surface area contributed by atoms with Crippen molar-refractivity contribution in [3.05, 3.63) is 125 Å². The predicted molar refractivity (Wildman–Crippen MR) is 130 cm³/mol. The summed E-state index contributed by atoms with van der Waals surface area (Å²) in [6.45, 7) is 0.105. The van der Waals surface area contributed by atoms with Gasteiger partial charge in [-0.3, -0.25) is 9.69 Å². The molecule has 1 N–H and O–H groups in total. The van der Waals surface area contributed by atoms with Gasteiger partial charge in [0.2, 0.25) is 5.89 Å². The molecule has 0 aliphatic carbocycles. The summed E-state index contributed by atoms with van der Waals surface area (Å²) in [4.78, 5) is 18.3. The fourth-order valence-electron chi connectivity index (χ4n) is 3.92. The van der Waals surface area contributed by atoms with Gasteiger partial charge < -0.3 is 9.73 Å². The van der Waals surface area contributed by atoms with Gasteiger partial charge in [0.1, 0.15) is 6.26 Å². The maximum atomic E-state index is 13.2. The van der Waals surface area contributed by atoms with Gasteiger partial charge in [0.05, 0.1) is 17.7 Å². The number of nitrogens with one attached hydrogen (secondary N) is 1. The van der Waals surface area contributed by atoms with Gasteiger partial charge in [-0.05, 0) is 28.8 Å². The molecule has 0 aliphatic heterocycles. The number of hydrogen-bond acceptors (Lipinski definition) is 4. The van der Waals surface area contributed by atoms with E-state index in [1.807, 2.05) is 30.3 Å². The lowest BCUT2D eigenvalue weighted by Crippen LogP contribution is -2.24. The van der Waals surface area contributed by atoms with Crippen molar-refractivity contribution in [3.8, 4) is 0 Å². The summed E-state index contributed by atoms with van der Waals surface area (Å²) >= 11 is 0. The second-order valence-corrected chi connectivity index (χ2v) is 8.84. The standard InChI is InChI=1S/C28H23F6N3O2/c29-27(30,31)22-10-4-8-20(12-22)15-37(16-21-9-5-11-23(13-21)28(32,33)34)17-25-36-24(18-39-25)26(38)35-14-19-6-2-1-3-7-19/h1-13,18H,14-17H2,(H,35,38). The third-order valence-electron chi connectivity index (χ3n) is 5.76. The van der Waals surface area contributed by atoms with Crippen molar-refractivity contribution in [2.24, 2.45) is 0 Å². The number of alkyl halides is 6. The fourth-order valence-corrected chi connectivity index (χ4v) is 3.92. The lowest BCUT2D eigenvalue weighted by molar-refractivity contribution is -0.138. The molecule has 39 heavy (non-hydrogen) atoms. The van der Waals surface area contributed by atoms with E-state index < -0.39 is 29.4 Å². The molecule has 0 saturated heterocycles. The maximum Gasteiger partial charge on any atom is 0.416 e. The van der Waals surface area contributed by atoms with Crippen molar-refractivity contribution >= 4 is 5.91 Å². The van der Waals surface area contributed by atoms with Gasteiger partial charge in [-0.15, -0.1) is 0 Å². The number of benzene rings is 3. The Morgan fingerprint density at radius 3 is 1.82 bits per heavy atom. The van der Waals surface area contributed by atoms with Crippen LogP contribution in [0.2, 0.25) is 0 Å². The molecule has 5 nitrogen and oxygen atoms in total. The normalized spacial score (nSPS) is 12.1. The first-order valence-corrected chi connectivity index (χ1v) is 11.8. The second-order valence-electron chi connectivity index (χ2n) is 8.84. The fraction of sp³-hybridized carbons (Fsp3) is 0.214. The van der Waals surface area contributed by atoms with E-state index in [1.165, 1.54) is 24.3 Å². The topological polar surface area (TPSA) is 58.4 Å². The number of carbonyl (C=O) groups is 1. The third kappa shape index (κ3) is 7.93. The highest BCUT2D eigenvalue weighted by molar-refractivity contribution is 5.91. The van der Waals surface area contributed by atoms with Crippen LogP contribution in [0.5, 0.6) is 0 Å². The summed E-state index contributed by atoms with van der Waals surface area (Å²) in [5, 5.41) is 2.71. The van der Waals surface area contributed by atoms with E-state index in [1.54, 1.807) is 4.90 Å². The number of carbonyl (C=O) groups excluding carboxylic acids is 1. The Morgan fingerprint density at radius 1 is 0.744 bits per heavy atom. The van der Waals surface area contributed by atoms with Crippen LogP contribution in [0.1, 0.15) is 44.2 Å². The molecule has 0 saturated carbocycles. The van der Waals surface area contributed by atoms with Crippen molar-refractivity contribution in [3.63, 3.8) is 0 Å². The maximum absolute atomic E-state index is 13.2. The molecule has 1 aromatic heterocycles. The number of halogens is 6. The Balaban J connectivity index is 1.52. The minimum atomic E-state index is -4.55. The first kappa shape index (κ1) is 27.9. The van der Waals surface area contributed by atoms with Gasteiger partial charge in [0.25, 0.3) is 5.91 Å². The minimum Gasteiger partial charge on any atom is -0.447 e. The molecular formula is C28H23F6N3O2. The highest BCUT2D eigenvalue weighted by Crippen LogP contribution is 2.31. The quantitative estimate of drug-likeness (QED) is 0.233. The zero-order valence-corrected chi connectivity index (χ0v) is 20.4. The lowest BCUT2D eigenvalue weighted by atomic mass is 10.1. The summed E-state index contributed by atoms with van der Waals surface area (Å²) in [6.07, 6.45) is -7.94. The van der Waals surface area contributed by atoms with E-state index in [2.05, 4.69) is 10.3 Å². The van der Waals surface area contributed by atoms with Crippen LogP contribution in [-0.4, -0.2) is 15.8 Å². The average Bonchev–Trinajstić information content (AvgIpc) is 3.36. The summed E-state index contributed by atoms with van der Waals surface area (Å²) in [7, 11) is 0. The number of hydrogen-bond donors (Lipinski definition) is 1. The van der Waals surface area contributed by atoms with Crippen LogP contribution in [0, 0.1) is 0 Å². The summed E-state index contributed by atoms with van der Waals surface area (Å²) < 4.78 is 84.8. The highest BCUT2D eigenvalue weighted by atomic mass is 19.4. The van der Waals surface area contributed by atoms with Crippen LogP contribution >= 0.6 is 0 Å².